The molecule has 0 heterocycles. The Bertz CT molecular complexity index is 287. The van der Waals surface area contributed by atoms with Crippen molar-refractivity contribution in [1.82, 2.24) is 0 Å². The van der Waals surface area contributed by atoms with Gasteiger partial charge in [0.15, 0.2) is 0 Å². The molecule has 0 saturated carbocycles. The third kappa shape index (κ3) is 1.72. The lowest BCUT2D eigenvalue weighted by molar-refractivity contribution is 1.35. The zero-order valence-corrected chi connectivity index (χ0v) is 8.40. The predicted octanol–water partition coefficient (Wildman–Crippen LogP) is 3.71. The van der Waals surface area contributed by atoms with Crippen LogP contribution in [0, 0.1) is 13.8 Å². The summed E-state index contributed by atoms with van der Waals surface area (Å²) in [5.74, 6) is 0. The molecule has 0 aliphatic heterocycles. The summed E-state index contributed by atoms with van der Waals surface area (Å²) in [5.41, 5.74) is 3.73. The van der Waals surface area contributed by atoms with E-state index < -0.39 is 0 Å². The maximum absolute atomic E-state index is 3.75. The van der Waals surface area contributed by atoms with Gasteiger partial charge in [-0.3, -0.25) is 0 Å². The molecule has 1 heteroatoms. The summed E-state index contributed by atoms with van der Waals surface area (Å²) in [6, 6.07) is 4.25. The van der Waals surface area contributed by atoms with E-state index in [2.05, 4.69) is 48.5 Å². The minimum atomic E-state index is 1.17. The molecule has 1 aromatic carbocycles. The Morgan fingerprint density at radius 3 is 2.45 bits per heavy atom. The van der Waals surface area contributed by atoms with Gasteiger partial charge in [-0.2, -0.15) is 0 Å². The van der Waals surface area contributed by atoms with Crippen molar-refractivity contribution in [2.75, 3.05) is 0 Å². The number of hydrogen-bond acceptors (Lipinski definition) is 0. The van der Waals surface area contributed by atoms with E-state index in [1.165, 1.54) is 21.2 Å². The smallest absolute Gasteiger partial charge is 0.0207 e. The Hall–Kier alpha value is -0.560. The normalized spacial score (nSPS) is 9.73. The van der Waals surface area contributed by atoms with Crippen LogP contribution in [0.3, 0.4) is 0 Å². The van der Waals surface area contributed by atoms with Gasteiger partial charge in [-0.1, -0.05) is 34.7 Å². The highest BCUT2D eigenvalue weighted by Gasteiger charge is 1.98. The summed E-state index contributed by atoms with van der Waals surface area (Å²) in [4.78, 5) is 0. The second kappa shape index (κ2) is 3.22. The second-order valence-corrected chi connectivity index (χ2v) is 3.52. The molecular formula is C10H11Br. The Morgan fingerprint density at radius 2 is 1.91 bits per heavy atom. The van der Waals surface area contributed by atoms with Crippen molar-refractivity contribution in [2.45, 2.75) is 13.8 Å². The van der Waals surface area contributed by atoms with E-state index in [0.717, 1.165) is 0 Å². The lowest BCUT2D eigenvalue weighted by Gasteiger charge is -2.03. The average molecular weight is 211 g/mol. The highest BCUT2D eigenvalue weighted by Crippen LogP contribution is 2.21. The van der Waals surface area contributed by atoms with E-state index in [1.807, 2.05) is 6.08 Å². The lowest BCUT2D eigenvalue weighted by Crippen LogP contribution is -1.83. The third-order valence-corrected chi connectivity index (χ3v) is 2.62. The SMILES string of the molecule is C=Cc1cc(C)c(Br)cc1C. The van der Waals surface area contributed by atoms with Crippen LogP contribution in [0.15, 0.2) is 23.2 Å². The van der Waals surface area contributed by atoms with Crippen molar-refractivity contribution in [3.05, 3.63) is 39.9 Å². The molecule has 0 nitrogen and oxygen atoms in total. The average Bonchev–Trinajstić information content (AvgIpc) is 1.97. The first-order valence-corrected chi connectivity index (χ1v) is 4.33. The molecule has 0 atom stereocenters. The monoisotopic (exact) mass is 210 g/mol. The van der Waals surface area contributed by atoms with E-state index >= 15 is 0 Å². The Balaban J connectivity index is 3.31. The fourth-order valence-corrected chi connectivity index (χ4v) is 1.48. The van der Waals surface area contributed by atoms with Crippen LogP contribution in [0.5, 0.6) is 0 Å². The van der Waals surface area contributed by atoms with Crippen molar-refractivity contribution in [3.8, 4) is 0 Å². The Kier molecular flexibility index (Phi) is 2.50. The number of halogens is 1. The Morgan fingerprint density at radius 1 is 1.27 bits per heavy atom. The number of rotatable bonds is 1. The van der Waals surface area contributed by atoms with Crippen LogP contribution >= 0.6 is 15.9 Å². The van der Waals surface area contributed by atoms with Crippen molar-refractivity contribution in [3.63, 3.8) is 0 Å². The molecule has 0 aliphatic carbocycles. The van der Waals surface area contributed by atoms with E-state index in [9.17, 15) is 0 Å². The van der Waals surface area contributed by atoms with Crippen molar-refractivity contribution < 1.29 is 0 Å². The first-order valence-electron chi connectivity index (χ1n) is 3.54. The zero-order chi connectivity index (χ0) is 8.43. The zero-order valence-electron chi connectivity index (χ0n) is 6.82. The molecule has 0 aliphatic rings. The Labute approximate surface area is 76.1 Å². The van der Waals surface area contributed by atoms with Crippen LogP contribution in [0.2, 0.25) is 0 Å². The number of benzene rings is 1. The molecular weight excluding hydrogens is 200 g/mol. The van der Waals surface area contributed by atoms with Crippen LogP contribution in [-0.2, 0) is 0 Å². The highest BCUT2D eigenvalue weighted by atomic mass is 79.9. The maximum atomic E-state index is 3.75. The van der Waals surface area contributed by atoms with Crippen molar-refractivity contribution in [2.24, 2.45) is 0 Å². The number of aryl methyl sites for hydroxylation is 2. The quantitative estimate of drug-likeness (QED) is 0.664. The highest BCUT2D eigenvalue weighted by molar-refractivity contribution is 9.10. The summed E-state index contributed by atoms with van der Waals surface area (Å²) in [6.45, 7) is 7.91. The van der Waals surface area contributed by atoms with Gasteiger partial charge in [0, 0.05) is 4.47 Å². The largest absolute Gasteiger partial charge is 0.0985 e. The second-order valence-electron chi connectivity index (χ2n) is 2.66. The van der Waals surface area contributed by atoms with E-state index in [-0.39, 0.29) is 0 Å². The molecule has 0 fully saturated rings. The molecule has 0 bridgehead atoms. The van der Waals surface area contributed by atoms with Crippen LogP contribution in [0.4, 0.5) is 0 Å². The van der Waals surface area contributed by atoms with E-state index in [4.69, 9.17) is 0 Å². The predicted molar refractivity (Wildman–Crippen MR) is 53.7 cm³/mol. The van der Waals surface area contributed by atoms with Crippen LogP contribution in [-0.4, -0.2) is 0 Å². The van der Waals surface area contributed by atoms with Gasteiger partial charge in [-0.15, -0.1) is 0 Å². The first kappa shape index (κ1) is 8.54. The molecule has 0 amide bonds. The van der Waals surface area contributed by atoms with E-state index in [1.54, 1.807) is 0 Å². The van der Waals surface area contributed by atoms with Gasteiger partial charge >= 0.3 is 0 Å². The van der Waals surface area contributed by atoms with Gasteiger partial charge in [0.2, 0.25) is 0 Å². The summed E-state index contributed by atoms with van der Waals surface area (Å²) in [5, 5.41) is 0. The number of hydrogen-bond donors (Lipinski definition) is 0. The van der Waals surface area contributed by atoms with Gasteiger partial charge in [-0.25, -0.2) is 0 Å². The molecule has 11 heavy (non-hydrogen) atoms. The lowest BCUT2D eigenvalue weighted by atomic mass is 10.1. The summed E-state index contributed by atoms with van der Waals surface area (Å²) < 4.78 is 1.17. The minimum Gasteiger partial charge on any atom is -0.0985 e. The molecule has 58 valence electrons. The van der Waals surface area contributed by atoms with Gasteiger partial charge in [0.05, 0.1) is 0 Å². The van der Waals surface area contributed by atoms with Crippen LogP contribution in [0.25, 0.3) is 6.08 Å². The van der Waals surface area contributed by atoms with Gasteiger partial charge in [0.1, 0.15) is 0 Å². The van der Waals surface area contributed by atoms with E-state index in [0.29, 0.717) is 0 Å². The molecule has 0 saturated heterocycles. The molecule has 1 rings (SSSR count). The third-order valence-electron chi connectivity index (χ3n) is 1.77. The van der Waals surface area contributed by atoms with Crippen molar-refractivity contribution >= 4 is 22.0 Å². The van der Waals surface area contributed by atoms with Gasteiger partial charge < -0.3 is 0 Å². The van der Waals surface area contributed by atoms with Gasteiger partial charge in [0.25, 0.3) is 0 Å². The van der Waals surface area contributed by atoms with Crippen molar-refractivity contribution in [1.29, 1.82) is 0 Å². The molecule has 0 radical (unpaired) electrons. The molecule has 1 aromatic rings. The summed E-state index contributed by atoms with van der Waals surface area (Å²) in [6.07, 6.45) is 1.88. The molecule has 0 spiro atoms. The summed E-state index contributed by atoms with van der Waals surface area (Å²) in [7, 11) is 0. The van der Waals surface area contributed by atoms with Crippen LogP contribution < -0.4 is 0 Å². The fourth-order valence-electron chi connectivity index (χ4n) is 1.02. The topological polar surface area (TPSA) is 0 Å². The fraction of sp³-hybridized carbons (Fsp3) is 0.200. The van der Waals surface area contributed by atoms with Gasteiger partial charge in [-0.05, 0) is 36.6 Å². The first-order chi connectivity index (χ1) is 5.15. The molecule has 0 N–H and O–H groups in total. The maximum Gasteiger partial charge on any atom is 0.0207 e. The summed E-state index contributed by atoms with van der Waals surface area (Å²) >= 11 is 3.48. The van der Waals surface area contributed by atoms with Crippen LogP contribution in [0.1, 0.15) is 16.7 Å². The standard InChI is InChI=1S/C10H11Br/c1-4-9-5-8(3)10(11)6-7(9)2/h4-6H,1H2,2-3H3. The molecule has 0 unspecified atom stereocenters. The minimum absolute atomic E-state index is 1.17. The molecule has 0 aromatic heterocycles.